The summed E-state index contributed by atoms with van der Waals surface area (Å²) in [6.07, 6.45) is 0. The highest BCUT2D eigenvalue weighted by atomic mass is 16.2. The van der Waals surface area contributed by atoms with Gasteiger partial charge in [0.05, 0.1) is 17.4 Å². The third kappa shape index (κ3) is 3.63. The molecule has 21 heavy (non-hydrogen) atoms. The largest absolute Gasteiger partial charge is 0.397 e. The first kappa shape index (κ1) is 15.1. The number of para-hydroxylation sites is 2. The van der Waals surface area contributed by atoms with Gasteiger partial charge in [0.25, 0.3) is 0 Å². The van der Waals surface area contributed by atoms with Crippen LogP contribution in [0.1, 0.15) is 6.92 Å². The molecule has 7 nitrogen and oxygen atoms in total. The van der Waals surface area contributed by atoms with Crippen LogP contribution in [0.25, 0.3) is 0 Å². The van der Waals surface area contributed by atoms with Crippen molar-refractivity contribution in [2.75, 3.05) is 36.8 Å². The van der Waals surface area contributed by atoms with Crippen LogP contribution in [0.5, 0.6) is 0 Å². The molecule has 0 bridgehead atoms. The monoisotopic (exact) mass is 291 g/mol. The van der Waals surface area contributed by atoms with E-state index in [1.54, 1.807) is 6.92 Å². The molecule has 1 aliphatic heterocycles. The van der Waals surface area contributed by atoms with Gasteiger partial charge in [-0.05, 0) is 19.1 Å². The summed E-state index contributed by atoms with van der Waals surface area (Å²) in [5, 5.41) is 2.12. The lowest BCUT2D eigenvalue weighted by Gasteiger charge is -2.38. The molecule has 114 valence electrons. The number of imide groups is 1. The summed E-state index contributed by atoms with van der Waals surface area (Å²) in [7, 11) is 0. The molecule has 1 aromatic rings. The number of rotatable bonds is 3. The van der Waals surface area contributed by atoms with Crippen molar-refractivity contribution in [3.8, 4) is 0 Å². The molecular formula is C14H21N5O2. The number of primary amides is 1. The second-order valence-electron chi connectivity index (χ2n) is 5.11. The number of benzene rings is 1. The van der Waals surface area contributed by atoms with Crippen LogP contribution in [0.15, 0.2) is 24.3 Å². The minimum absolute atomic E-state index is 0.366. The minimum Gasteiger partial charge on any atom is -0.397 e. The predicted molar refractivity (Wildman–Crippen MR) is 81.8 cm³/mol. The summed E-state index contributed by atoms with van der Waals surface area (Å²) in [4.78, 5) is 26.7. The topological polar surface area (TPSA) is 105 Å². The molecule has 2 rings (SSSR count). The Balaban J connectivity index is 1.93. The molecular weight excluding hydrogens is 270 g/mol. The lowest BCUT2D eigenvalue weighted by atomic mass is 10.2. The number of nitrogens with zero attached hydrogens (tertiary/aromatic N) is 2. The molecule has 0 aliphatic carbocycles. The van der Waals surface area contributed by atoms with Crippen LogP contribution in [0, 0.1) is 0 Å². The summed E-state index contributed by atoms with van der Waals surface area (Å²) >= 11 is 0. The number of anilines is 2. The fourth-order valence-corrected chi connectivity index (χ4v) is 2.52. The zero-order valence-corrected chi connectivity index (χ0v) is 12.1. The van der Waals surface area contributed by atoms with Crippen LogP contribution in [0.2, 0.25) is 0 Å². The standard InChI is InChI=1S/C14H21N5O2/c1-10(13(20)17-14(16)21)18-6-8-19(9-7-18)12-5-3-2-4-11(12)15/h2-5,10H,6-9,15H2,1H3,(H3,16,17,20,21). The van der Waals surface area contributed by atoms with Crippen molar-refractivity contribution in [3.63, 3.8) is 0 Å². The number of piperazine rings is 1. The van der Waals surface area contributed by atoms with Gasteiger partial charge in [0.2, 0.25) is 5.91 Å². The van der Waals surface area contributed by atoms with E-state index in [-0.39, 0.29) is 11.9 Å². The predicted octanol–water partition coefficient (Wildman–Crippen LogP) is -0.0258. The molecule has 0 aromatic heterocycles. The number of nitrogens with two attached hydrogens (primary N) is 2. The second-order valence-corrected chi connectivity index (χ2v) is 5.11. The van der Waals surface area contributed by atoms with E-state index in [1.807, 2.05) is 29.2 Å². The number of amides is 3. The number of carbonyl (C=O) groups is 2. The SMILES string of the molecule is CC(C(=O)NC(N)=O)N1CCN(c2ccccc2N)CC1. The van der Waals surface area contributed by atoms with Crippen LogP contribution in [0.4, 0.5) is 16.2 Å². The molecule has 1 atom stereocenters. The zero-order valence-electron chi connectivity index (χ0n) is 12.1. The van der Waals surface area contributed by atoms with Crippen molar-refractivity contribution < 1.29 is 9.59 Å². The van der Waals surface area contributed by atoms with Gasteiger partial charge < -0.3 is 16.4 Å². The highest BCUT2D eigenvalue weighted by molar-refractivity contribution is 5.96. The quantitative estimate of drug-likeness (QED) is 0.679. The number of carbonyl (C=O) groups excluding carboxylic acids is 2. The van der Waals surface area contributed by atoms with Gasteiger partial charge in [-0.25, -0.2) is 4.79 Å². The van der Waals surface area contributed by atoms with Gasteiger partial charge in [-0.1, -0.05) is 12.1 Å². The summed E-state index contributed by atoms with van der Waals surface area (Å²) in [6, 6.07) is 6.54. The molecule has 1 unspecified atom stereocenters. The van der Waals surface area contributed by atoms with Gasteiger partial charge in [-0.3, -0.25) is 15.0 Å². The van der Waals surface area contributed by atoms with Gasteiger partial charge in [-0.2, -0.15) is 0 Å². The Labute approximate surface area is 123 Å². The lowest BCUT2D eigenvalue weighted by Crippen LogP contribution is -2.55. The Bertz CT molecular complexity index is 526. The van der Waals surface area contributed by atoms with Gasteiger partial charge in [-0.15, -0.1) is 0 Å². The fraction of sp³-hybridized carbons (Fsp3) is 0.429. The van der Waals surface area contributed by atoms with Crippen molar-refractivity contribution in [1.82, 2.24) is 10.2 Å². The van der Waals surface area contributed by atoms with Gasteiger partial charge in [0, 0.05) is 26.2 Å². The first-order valence-corrected chi connectivity index (χ1v) is 6.93. The van der Waals surface area contributed by atoms with Crippen LogP contribution >= 0.6 is 0 Å². The van der Waals surface area contributed by atoms with E-state index < -0.39 is 6.03 Å². The fourth-order valence-electron chi connectivity index (χ4n) is 2.52. The van der Waals surface area contributed by atoms with Crippen LogP contribution in [-0.4, -0.2) is 49.1 Å². The second kappa shape index (κ2) is 6.45. The van der Waals surface area contributed by atoms with Crippen molar-refractivity contribution in [3.05, 3.63) is 24.3 Å². The average molecular weight is 291 g/mol. The summed E-state index contributed by atoms with van der Waals surface area (Å²) in [6.45, 7) is 4.78. The number of hydrogen-bond acceptors (Lipinski definition) is 5. The Morgan fingerprint density at radius 2 is 1.81 bits per heavy atom. The molecule has 3 amide bonds. The third-order valence-electron chi connectivity index (χ3n) is 3.77. The maximum Gasteiger partial charge on any atom is 0.318 e. The van der Waals surface area contributed by atoms with Crippen molar-refractivity contribution in [2.24, 2.45) is 5.73 Å². The molecule has 0 radical (unpaired) electrons. The zero-order chi connectivity index (χ0) is 15.4. The normalized spacial score (nSPS) is 17.3. The minimum atomic E-state index is -0.817. The van der Waals surface area contributed by atoms with Crippen LogP contribution in [0.3, 0.4) is 0 Å². The lowest BCUT2D eigenvalue weighted by molar-refractivity contribution is -0.124. The summed E-state index contributed by atoms with van der Waals surface area (Å²) < 4.78 is 0. The number of urea groups is 1. The van der Waals surface area contributed by atoms with E-state index in [2.05, 4.69) is 10.2 Å². The van der Waals surface area contributed by atoms with E-state index in [1.165, 1.54) is 0 Å². The third-order valence-corrected chi connectivity index (χ3v) is 3.77. The molecule has 1 aromatic carbocycles. The molecule has 5 N–H and O–H groups in total. The molecule has 1 saturated heterocycles. The van der Waals surface area contributed by atoms with E-state index in [0.29, 0.717) is 0 Å². The van der Waals surface area contributed by atoms with Gasteiger partial charge >= 0.3 is 6.03 Å². The number of nitrogen functional groups attached to an aromatic ring is 1. The smallest absolute Gasteiger partial charge is 0.318 e. The number of nitrogens with one attached hydrogen (secondary N) is 1. The highest BCUT2D eigenvalue weighted by Gasteiger charge is 2.26. The first-order valence-electron chi connectivity index (χ1n) is 6.93. The summed E-state index contributed by atoms with van der Waals surface area (Å²) in [5.41, 5.74) is 12.7. The molecule has 1 fully saturated rings. The molecule has 1 aliphatic rings. The first-order chi connectivity index (χ1) is 9.99. The van der Waals surface area contributed by atoms with E-state index >= 15 is 0 Å². The maximum absolute atomic E-state index is 11.8. The van der Waals surface area contributed by atoms with E-state index in [4.69, 9.17) is 11.5 Å². The van der Waals surface area contributed by atoms with Crippen molar-refractivity contribution in [2.45, 2.75) is 13.0 Å². The Hall–Kier alpha value is -2.28. The summed E-state index contributed by atoms with van der Waals surface area (Å²) in [5.74, 6) is -0.366. The van der Waals surface area contributed by atoms with Gasteiger partial charge in [0.15, 0.2) is 0 Å². The van der Waals surface area contributed by atoms with E-state index in [9.17, 15) is 9.59 Å². The average Bonchev–Trinajstić information content (AvgIpc) is 2.46. The Morgan fingerprint density at radius 3 is 2.38 bits per heavy atom. The Kier molecular flexibility index (Phi) is 4.64. The van der Waals surface area contributed by atoms with Crippen LogP contribution < -0.4 is 21.7 Å². The number of hydrogen-bond donors (Lipinski definition) is 3. The van der Waals surface area contributed by atoms with Crippen molar-refractivity contribution in [1.29, 1.82) is 0 Å². The molecule has 0 saturated carbocycles. The van der Waals surface area contributed by atoms with Crippen molar-refractivity contribution >= 4 is 23.3 Å². The van der Waals surface area contributed by atoms with Gasteiger partial charge in [0.1, 0.15) is 0 Å². The maximum atomic E-state index is 11.8. The molecule has 1 heterocycles. The molecule has 0 spiro atoms. The molecule has 7 heteroatoms. The van der Waals surface area contributed by atoms with Crippen LogP contribution in [-0.2, 0) is 4.79 Å². The highest BCUT2D eigenvalue weighted by Crippen LogP contribution is 2.23. The van der Waals surface area contributed by atoms with E-state index in [0.717, 1.165) is 37.6 Å². The Morgan fingerprint density at radius 1 is 1.19 bits per heavy atom.